The maximum Gasteiger partial charge on any atom is 0.147 e. The Morgan fingerprint density at radius 2 is 2.25 bits per heavy atom. The van der Waals surface area contributed by atoms with Crippen molar-refractivity contribution in [1.29, 1.82) is 0 Å². The van der Waals surface area contributed by atoms with E-state index < -0.39 is 0 Å². The molecule has 1 atom stereocenters. The number of hydrogen-bond donors (Lipinski definition) is 1. The lowest BCUT2D eigenvalue weighted by Crippen LogP contribution is -2.23. The number of aromatic nitrogens is 2. The minimum Gasteiger partial charge on any atom is -0.351 e. The van der Waals surface area contributed by atoms with Crippen molar-refractivity contribution >= 4 is 17.2 Å². The highest BCUT2D eigenvalue weighted by molar-refractivity contribution is 7.10. The molecule has 0 radical (unpaired) electrons. The van der Waals surface area contributed by atoms with Gasteiger partial charge in [0.15, 0.2) is 0 Å². The predicted octanol–water partition coefficient (Wildman–Crippen LogP) is 3.24. The molecule has 2 rings (SSSR count). The zero-order valence-corrected chi connectivity index (χ0v) is 13.2. The van der Waals surface area contributed by atoms with Crippen LogP contribution in [0.4, 0.5) is 5.82 Å². The predicted molar refractivity (Wildman–Crippen MR) is 85.2 cm³/mol. The number of rotatable bonds is 7. The van der Waals surface area contributed by atoms with Gasteiger partial charge in [0.05, 0.1) is 17.9 Å². The first-order valence-corrected chi connectivity index (χ1v) is 7.88. The summed E-state index contributed by atoms with van der Waals surface area (Å²) in [6.45, 7) is 6.13. The molecule has 0 bridgehead atoms. The standard InChI is InChI=1S/C15H22N4S/c1-4-7-16-9-13-10-17-11-15(18-13)19(3)12(2)14-6-5-8-20-14/h5-6,8,10-12,16H,4,7,9H2,1-3H3. The summed E-state index contributed by atoms with van der Waals surface area (Å²) in [5, 5.41) is 5.46. The Hall–Kier alpha value is -1.46. The summed E-state index contributed by atoms with van der Waals surface area (Å²) in [5.74, 6) is 0.918. The van der Waals surface area contributed by atoms with Gasteiger partial charge in [0.25, 0.3) is 0 Å². The van der Waals surface area contributed by atoms with E-state index >= 15 is 0 Å². The fraction of sp³-hybridized carbons (Fsp3) is 0.467. The van der Waals surface area contributed by atoms with E-state index in [0.29, 0.717) is 6.04 Å². The number of hydrogen-bond acceptors (Lipinski definition) is 5. The number of nitrogens with one attached hydrogen (secondary N) is 1. The first-order chi connectivity index (χ1) is 9.72. The summed E-state index contributed by atoms with van der Waals surface area (Å²) < 4.78 is 0. The van der Waals surface area contributed by atoms with Crippen LogP contribution in [0.15, 0.2) is 29.9 Å². The molecule has 4 nitrogen and oxygen atoms in total. The topological polar surface area (TPSA) is 41.1 Å². The Balaban J connectivity index is 2.06. The van der Waals surface area contributed by atoms with Crippen molar-refractivity contribution in [3.63, 3.8) is 0 Å². The zero-order chi connectivity index (χ0) is 14.4. The van der Waals surface area contributed by atoms with E-state index in [9.17, 15) is 0 Å². The maximum atomic E-state index is 4.68. The van der Waals surface area contributed by atoms with E-state index in [2.05, 4.69) is 58.6 Å². The number of thiophene rings is 1. The van der Waals surface area contributed by atoms with Gasteiger partial charge in [-0.1, -0.05) is 13.0 Å². The molecule has 1 N–H and O–H groups in total. The van der Waals surface area contributed by atoms with Crippen molar-refractivity contribution in [2.45, 2.75) is 32.9 Å². The quantitative estimate of drug-likeness (QED) is 0.795. The van der Waals surface area contributed by atoms with Crippen molar-refractivity contribution in [2.24, 2.45) is 0 Å². The fourth-order valence-electron chi connectivity index (χ4n) is 1.96. The molecule has 0 saturated carbocycles. The van der Waals surface area contributed by atoms with Crippen LogP contribution in [0.2, 0.25) is 0 Å². The molecule has 0 aliphatic rings. The molecule has 0 aliphatic heterocycles. The molecule has 2 aromatic heterocycles. The average Bonchev–Trinajstić information content (AvgIpc) is 3.00. The Morgan fingerprint density at radius 1 is 1.40 bits per heavy atom. The second kappa shape index (κ2) is 7.36. The second-order valence-corrected chi connectivity index (χ2v) is 5.83. The van der Waals surface area contributed by atoms with E-state index in [4.69, 9.17) is 0 Å². The summed E-state index contributed by atoms with van der Waals surface area (Å²) >= 11 is 1.77. The van der Waals surface area contributed by atoms with Crippen LogP contribution >= 0.6 is 11.3 Å². The van der Waals surface area contributed by atoms with Crippen molar-refractivity contribution in [3.8, 4) is 0 Å². The first-order valence-electron chi connectivity index (χ1n) is 7.00. The first kappa shape index (κ1) is 14.9. The van der Waals surface area contributed by atoms with Crippen molar-refractivity contribution in [2.75, 3.05) is 18.5 Å². The molecule has 2 heterocycles. The molecule has 5 heteroatoms. The molecule has 20 heavy (non-hydrogen) atoms. The van der Waals surface area contributed by atoms with Gasteiger partial charge in [-0.3, -0.25) is 4.98 Å². The second-order valence-electron chi connectivity index (χ2n) is 4.85. The molecule has 0 spiro atoms. The molecular formula is C15H22N4S. The summed E-state index contributed by atoms with van der Waals surface area (Å²) in [6.07, 6.45) is 4.78. The molecule has 0 amide bonds. The highest BCUT2D eigenvalue weighted by atomic mass is 32.1. The summed E-state index contributed by atoms with van der Waals surface area (Å²) in [7, 11) is 2.07. The highest BCUT2D eigenvalue weighted by Gasteiger charge is 2.14. The van der Waals surface area contributed by atoms with Gasteiger partial charge in [0.1, 0.15) is 5.82 Å². The van der Waals surface area contributed by atoms with E-state index in [1.165, 1.54) is 4.88 Å². The number of nitrogens with zero attached hydrogens (tertiary/aromatic N) is 3. The SMILES string of the molecule is CCCNCc1cncc(N(C)C(C)c2cccs2)n1. The van der Waals surface area contributed by atoms with Crippen LogP contribution in [0.1, 0.15) is 36.9 Å². The van der Waals surface area contributed by atoms with E-state index in [0.717, 1.165) is 31.0 Å². The van der Waals surface area contributed by atoms with Crippen LogP contribution in [0.3, 0.4) is 0 Å². The zero-order valence-electron chi connectivity index (χ0n) is 12.3. The fourth-order valence-corrected chi connectivity index (χ4v) is 2.79. The van der Waals surface area contributed by atoms with Gasteiger partial charge < -0.3 is 10.2 Å². The van der Waals surface area contributed by atoms with Gasteiger partial charge in [-0.2, -0.15) is 0 Å². The Kier molecular flexibility index (Phi) is 5.49. The molecule has 1 unspecified atom stereocenters. The van der Waals surface area contributed by atoms with Crippen LogP contribution in [-0.2, 0) is 6.54 Å². The smallest absolute Gasteiger partial charge is 0.147 e. The van der Waals surface area contributed by atoms with Crippen molar-refractivity contribution in [1.82, 2.24) is 15.3 Å². The lowest BCUT2D eigenvalue weighted by Gasteiger charge is -2.25. The normalized spacial score (nSPS) is 12.3. The van der Waals surface area contributed by atoms with Gasteiger partial charge in [0.2, 0.25) is 0 Å². The number of anilines is 1. The minimum atomic E-state index is 0.308. The van der Waals surface area contributed by atoms with E-state index in [-0.39, 0.29) is 0 Å². The highest BCUT2D eigenvalue weighted by Crippen LogP contribution is 2.26. The monoisotopic (exact) mass is 290 g/mol. The molecule has 0 saturated heterocycles. The molecule has 2 aromatic rings. The maximum absolute atomic E-state index is 4.68. The van der Waals surface area contributed by atoms with Crippen LogP contribution < -0.4 is 10.2 Å². The van der Waals surface area contributed by atoms with Crippen molar-refractivity contribution < 1.29 is 0 Å². The molecule has 108 valence electrons. The minimum absolute atomic E-state index is 0.308. The van der Waals surface area contributed by atoms with Crippen LogP contribution in [-0.4, -0.2) is 23.6 Å². The third kappa shape index (κ3) is 3.77. The van der Waals surface area contributed by atoms with E-state index in [1.807, 2.05) is 12.4 Å². The molecule has 0 aliphatic carbocycles. The van der Waals surface area contributed by atoms with Gasteiger partial charge in [-0.25, -0.2) is 4.98 Å². The third-order valence-electron chi connectivity index (χ3n) is 3.30. The van der Waals surface area contributed by atoms with Gasteiger partial charge in [0, 0.05) is 24.7 Å². The lowest BCUT2D eigenvalue weighted by atomic mass is 10.2. The van der Waals surface area contributed by atoms with Crippen LogP contribution in [0, 0.1) is 0 Å². The van der Waals surface area contributed by atoms with Gasteiger partial charge in [-0.15, -0.1) is 11.3 Å². The lowest BCUT2D eigenvalue weighted by molar-refractivity contribution is 0.657. The Morgan fingerprint density at radius 3 is 2.95 bits per heavy atom. The third-order valence-corrected chi connectivity index (χ3v) is 4.34. The van der Waals surface area contributed by atoms with Gasteiger partial charge in [-0.05, 0) is 31.3 Å². The van der Waals surface area contributed by atoms with Crippen LogP contribution in [0.25, 0.3) is 0 Å². The summed E-state index contributed by atoms with van der Waals surface area (Å²) in [6, 6.07) is 4.55. The van der Waals surface area contributed by atoms with E-state index in [1.54, 1.807) is 11.3 Å². The largest absolute Gasteiger partial charge is 0.351 e. The summed E-state index contributed by atoms with van der Waals surface area (Å²) in [4.78, 5) is 12.5. The average molecular weight is 290 g/mol. The van der Waals surface area contributed by atoms with Crippen molar-refractivity contribution in [3.05, 3.63) is 40.5 Å². The Labute approximate surface area is 124 Å². The molecule has 0 aromatic carbocycles. The molecular weight excluding hydrogens is 268 g/mol. The summed E-state index contributed by atoms with van der Waals surface area (Å²) in [5.41, 5.74) is 0.987. The molecule has 0 fully saturated rings. The Bertz CT molecular complexity index is 512. The van der Waals surface area contributed by atoms with Gasteiger partial charge >= 0.3 is 0 Å². The van der Waals surface area contributed by atoms with Crippen LogP contribution in [0.5, 0.6) is 0 Å².